The number of halogens is 2. The van der Waals surface area contributed by atoms with Crippen LogP contribution in [0, 0.1) is 0 Å². The third-order valence-electron chi connectivity index (χ3n) is 2.48. The van der Waals surface area contributed by atoms with Crippen LogP contribution >= 0.6 is 24.8 Å². The topological polar surface area (TPSA) is 71.8 Å². The zero-order valence-electron chi connectivity index (χ0n) is 10.9. The Bertz CT molecular complexity index is 518. The van der Waals surface area contributed by atoms with Crippen molar-refractivity contribution >= 4 is 36.4 Å². The Labute approximate surface area is 129 Å². The normalized spacial score (nSPS) is 9.05. The van der Waals surface area contributed by atoms with Crippen LogP contribution in [0.2, 0.25) is 0 Å². The smallest absolute Gasteiger partial charge is 0.239 e. The van der Waals surface area contributed by atoms with E-state index in [0.29, 0.717) is 6.54 Å². The van der Waals surface area contributed by atoms with Crippen molar-refractivity contribution in [3.8, 4) is 0 Å². The molecule has 0 bridgehead atoms. The number of aromatic nitrogens is 3. The van der Waals surface area contributed by atoms with Gasteiger partial charge in [-0.25, -0.2) is 0 Å². The molecule has 0 aliphatic carbocycles. The highest BCUT2D eigenvalue weighted by atomic mass is 35.5. The standard InChI is InChI=1S/C12H15N5O.2ClH/c1-17-9-15-16-11(17)7-14-12(18)8-13-10-5-3-2-4-6-10;;/h2-6,9,13H,7-8H2,1H3,(H,14,18);2*1H. The molecule has 0 saturated carbocycles. The number of amides is 1. The molecule has 1 amide bonds. The Hall–Kier alpha value is -1.79. The van der Waals surface area contributed by atoms with Crippen LogP contribution in [0.25, 0.3) is 0 Å². The molecule has 6 nitrogen and oxygen atoms in total. The summed E-state index contributed by atoms with van der Waals surface area (Å²) < 4.78 is 1.77. The molecule has 0 unspecified atom stereocenters. The molecular weight excluding hydrogens is 301 g/mol. The van der Waals surface area contributed by atoms with Gasteiger partial charge < -0.3 is 15.2 Å². The van der Waals surface area contributed by atoms with Crippen LogP contribution in [0.4, 0.5) is 5.69 Å². The summed E-state index contributed by atoms with van der Waals surface area (Å²) in [6.07, 6.45) is 1.60. The van der Waals surface area contributed by atoms with Gasteiger partial charge >= 0.3 is 0 Å². The van der Waals surface area contributed by atoms with Crippen molar-refractivity contribution in [1.29, 1.82) is 0 Å². The second-order valence-corrected chi connectivity index (χ2v) is 3.85. The van der Waals surface area contributed by atoms with Crippen molar-refractivity contribution in [2.75, 3.05) is 11.9 Å². The van der Waals surface area contributed by atoms with Crippen LogP contribution in [0.3, 0.4) is 0 Å². The fourth-order valence-electron chi connectivity index (χ4n) is 1.45. The minimum atomic E-state index is -0.0816. The van der Waals surface area contributed by atoms with Gasteiger partial charge in [0.25, 0.3) is 0 Å². The summed E-state index contributed by atoms with van der Waals surface area (Å²) in [6, 6.07) is 9.59. The Balaban J connectivity index is 0.00000180. The highest BCUT2D eigenvalue weighted by Gasteiger charge is 2.04. The summed E-state index contributed by atoms with van der Waals surface area (Å²) in [5.74, 6) is 0.643. The van der Waals surface area contributed by atoms with Gasteiger partial charge in [0.15, 0.2) is 5.82 Å². The first-order valence-corrected chi connectivity index (χ1v) is 5.64. The number of rotatable bonds is 5. The fraction of sp³-hybridized carbons (Fsp3) is 0.250. The molecule has 1 aromatic heterocycles. The molecule has 0 saturated heterocycles. The molecular formula is C12H17Cl2N5O. The van der Waals surface area contributed by atoms with Crippen LogP contribution in [0.1, 0.15) is 5.82 Å². The Kier molecular flexibility index (Phi) is 8.35. The van der Waals surface area contributed by atoms with Crippen LogP contribution in [0.5, 0.6) is 0 Å². The number of hydrogen-bond donors (Lipinski definition) is 2. The van der Waals surface area contributed by atoms with Gasteiger partial charge in [-0.1, -0.05) is 18.2 Å². The van der Waals surface area contributed by atoms with E-state index in [0.717, 1.165) is 11.5 Å². The summed E-state index contributed by atoms with van der Waals surface area (Å²) in [7, 11) is 1.84. The van der Waals surface area contributed by atoms with Crippen molar-refractivity contribution in [3.05, 3.63) is 42.5 Å². The van der Waals surface area contributed by atoms with E-state index in [-0.39, 0.29) is 37.3 Å². The lowest BCUT2D eigenvalue weighted by atomic mass is 10.3. The monoisotopic (exact) mass is 317 g/mol. The molecule has 0 spiro atoms. The second kappa shape index (κ2) is 9.17. The average Bonchev–Trinajstić information content (AvgIpc) is 2.81. The first-order chi connectivity index (χ1) is 8.75. The van der Waals surface area contributed by atoms with Crippen LogP contribution in [-0.4, -0.2) is 27.2 Å². The van der Waals surface area contributed by atoms with Crippen LogP contribution in [0.15, 0.2) is 36.7 Å². The fourth-order valence-corrected chi connectivity index (χ4v) is 1.45. The number of aryl methyl sites for hydroxylation is 1. The molecule has 2 rings (SSSR count). The number of hydrogen-bond acceptors (Lipinski definition) is 4. The highest BCUT2D eigenvalue weighted by molar-refractivity contribution is 5.85. The van der Waals surface area contributed by atoms with Crippen molar-refractivity contribution in [2.45, 2.75) is 6.54 Å². The Morgan fingerprint density at radius 2 is 1.95 bits per heavy atom. The number of benzene rings is 1. The number of para-hydroxylation sites is 1. The third kappa shape index (κ3) is 5.46. The number of nitrogens with one attached hydrogen (secondary N) is 2. The summed E-state index contributed by atoms with van der Waals surface area (Å²) >= 11 is 0. The van der Waals surface area contributed by atoms with E-state index in [1.54, 1.807) is 10.9 Å². The second-order valence-electron chi connectivity index (χ2n) is 3.85. The Morgan fingerprint density at radius 1 is 1.25 bits per heavy atom. The number of nitrogens with zero attached hydrogens (tertiary/aromatic N) is 3. The molecule has 2 aromatic rings. The van der Waals surface area contributed by atoms with Crippen molar-refractivity contribution in [2.24, 2.45) is 7.05 Å². The molecule has 0 radical (unpaired) electrons. The SMILES string of the molecule is Cl.Cl.Cn1cnnc1CNC(=O)CNc1ccccc1. The maximum atomic E-state index is 11.6. The van der Waals surface area contributed by atoms with Gasteiger partial charge in [0.05, 0.1) is 13.1 Å². The van der Waals surface area contributed by atoms with Crippen molar-refractivity contribution in [3.63, 3.8) is 0 Å². The van der Waals surface area contributed by atoms with E-state index in [1.807, 2.05) is 37.4 Å². The number of carbonyl (C=O) groups excluding carboxylic acids is 1. The molecule has 0 atom stereocenters. The highest BCUT2D eigenvalue weighted by Crippen LogP contribution is 2.03. The molecule has 2 N–H and O–H groups in total. The van der Waals surface area contributed by atoms with E-state index in [1.165, 1.54) is 0 Å². The van der Waals surface area contributed by atoms with Gasteiger partial charge in [0.1, 0.15) is 6.33 Å². The van der Waals surface area contributed by atoms with Gasteiger partial charge in [-0.05, 0) is 12.1 Å². The summed E-state index contributed by atoms with van der Waals surface area (Å²) in [6.45, 7) is 0.619. The first kappa shape index (κ1) is 18.2. The number of carbonyl (C=O) groups is 1. The van der Waals surface area contributed by atoms with Gasteiger partial charge in [-0.3, -0.25) is 4.79 Å². The minimum absolute atomic E-state index is 0. The maximum absolute atomic E-state index is 11.6. The van der Waals surface area contributed by atoms with Gasteiger partial charge in [0.2, 0.25) is 5.91 Å². The van der Waals surface area contributed by atoms with Gasteiger partial charge in [-0.2, -0.15) is 0 Å². The third-order valence-corrected chi connectivity index (χ3v) is 2.48. The maximum Gasteiger partial charge on any atom is 0.239 e. The first-order valence-electron chi connectivity index (χ1n) is 5.64. The van der Waals surface area contributed by atoms with E-state index < -0.39 is 0 Å². The molecule has 20 heavy (non-hydrogen) atoms. The molecule has 110 valence electrons. The Morgan fingerprint density at radius 3 is 2.55 bits per heavy atom. The minimum Gasteiger partial charge on any atom is -0.376 e. The van der Waals surface area contributed by atoms with Crippen molar-refractivity contribution in [1.82, 2.24) is 20.1 Å². The lowest BCUT2D eigenvalue weighted by Gasteiger charge is -2.07. The molecule has 0 aliphatic heterocycles. The molecule has 1 heterocycles. The van der Waals surface area contributed by atoms with Crippen LogP contribution in [-0.2, 0) is 18.4 Å². The molecule has 0 aliphatic rings. The zero-order chi connectivity index (χ0) is 12.8. The van der Waals surface area contributed by atoms with Crippen LogP contribution < -0.4 is 10.6 Å². The average molecular weight is 318 g/mol. The molecule has 1 aromatic carbocycles. The summed E-state index contributed by atoms with van der Waals surface area (Å²) in [5.41, 5.74) is 0.923. The summed E-state index contributed by atoms with van der Waals surface area (Å²) in [5, 5.41) is 13.4. The molecule has 8 heteroatoms. The van der Waals surface area contributed by atoms with E-state index in [4.69, 9.17) is 0 Å². The quantitative estimate of drug-likeness (QED) is 0.874. The zero-order valence-corrected chi connectivity index (χ0v) is 12.6. The van der Waals surface area contributed by atoms with Gasteiger partial charge in [0, 0.05) is 12.7 Å². The summed E-state index contributed by atoms with van der Waals surface area (Å²) in [4.78, 5) is 11.6. The lowest BCUT2D eigenvalue weighted by Crippen LogP contribution is -2.30. The predicted octanol–water partition coefficient (Wildman–Crippen LogP) is 1.39. The van der Waals surface area contributed by atoms with Crippen molar-refractivity contribution < 1.29 is 4.79 Å². The largest absolute Gasteiger partial charge is 0.376 e. The predicted molar refractivity (Wildman–Crippen MR) is 82.3 cm³/mol. The van der Waals surface area contributed by atoms with E-state index >= 15 is 0 Å². The van der Waals surface area contributed by atoms with E-state index in [9.17, 15) is 4.79 Å². The molecule has 0 fully saturated rings. The van der Waals surface area contributed by atoms with Gasteiger partial charge in [-0.15, -0.1) is 35.0 Å². The number of anilines is 1. The lowest BCUT2D eigenvalue weighted by molar-refractivity contribution is -0.119. The van der Waals surface area contributed by atoms with E-state index in [2.05, 4.69) is 20.8 Å².